The number of aliphatic hydroxyl groups excluding tert-OH is 5. The standard InChI is InChI=1S/C19H22FN5O3.C19H23N5O3.C17H21N5O2.C10H16N2O3.C8H14N4O2.C4H11NO.C3H7ClO.CH3F.CH4/c1-13-17(20)18(25(23-13)9-4-10-28-14(2)26)19-22-21-12-24(19)11-15-5-7-16(27-3)8-6-15;1-14-11-18(24(22-14)9-4-10-27-15(2)25)19-21-20-13-23(19)12-16-5-7-17(26-3)8-6-16;1-13-10-16(22(20-13)8-3-9-23)17-19-18-12-21(17)11-14-4-6-15(24-2)7-5-14;1-3-15-10(14)9-7-8(2)11-12(9)5-4-6-13;1-6-5-7(8(14)10-9)12(11-6)3-2-4-13;5-3-1-2-4-6;4-2-1-3-5;1-2;/h5-8,12H,4,9-11H2,1-3H3;5-8,11,13H,4,9-10,12H2,1-3H3;4-7,10,12,23H,3,8-9,11H2,1-2H3;7,13H,3-6H2,1-2H3;5,13H,2-4,9H2,1H3,(H,10,14);6H,1-5H2;5H,1-3H2;1H3;1H4/i;;;;;;;;1D. The summed E-state index contributed by atoms with van der Waals surface area (Å²) in [5.41, 5.74) is 17.0. The Morgan fingerprint density at radius 2 is 0.836 bits per heavy atom. The zero-order valence-electron chi connectivity index (χ0n) is 73.0. The number of nitrogens with one attached hydrogen (secondary N) is 1. The predicted octanol–water partition coefficient (Wildman–Crippen LogP) is 8.42. The molecule has 1 amide bonds. The van der Waals surface area contributed by atoms with Gasteiger partial charge in [0.1, 0.15) is 64.7 Å². The van der Waals surface area contributed by atoms with Crippen LogP contribution in [0, 0.1) is 40.4 Å². The van der Waals surface area contributed by atoms with Crippen LogP contribution < -0.4 is 31.2 Å². The van der Waals surface area contributed by atoms with E-state index in [0.717, 1.165) is 92.6 Å². The van der Waals surface area contributed by atoms with Gasteiger partial charge in [0.25, 0.3) is 5.91 Å². The predicted molar refractivity (Wildman–Crippen MR) is 455 cm³/mol. The number of halogens is 3. The number of nitrogens with two attached hydrogens (primary N) is 2. The van der Waals surface area contributed by atoms with Crippen LogP contribution in [0.4, 0.5) is 8.78 Å². The monoisotopic (exact) mass is 1730 g/mol. The molecule has 8 aromatic heterocycles. The minimum atomic E-state index is -0.434. The molecule has 11 rings (SSSR count). The number of hydrazine groups is 1. The Hall–Kier alpha value is -11.7. The molecule has 0 aliphatic rings. The fourth-order valence-electron chi connectivity index (χ4n) is 11.1. The first-order valence-electron chi connectivity index (χ1n) is 40.0. The van der Waals surface area contributed by atoms with E-state index >= 15 is 0 Å². The third-order valence-corrected chi connectivity index (χ3v) is 17.0. The minimum absolute atomic E-state index is 0.0720. The van der Waals surface area contributed by atoms with Crippen molar-refractivity contribution in [1.82, 2.24) is 98.6 Å². The van der Waals surface area contributed by atoms with Gasteiger partial charge in [0.15, 0.2) is 23.3 Å². The Morgan fingerprint density at radius 3 is 1.19 bits per heavy atom. The van der Waals surface area contributed by atoms with Crippen molar-refractivity contribution >= 4 is 35.4 Å². The summed E-state index contributed by atoms with van der Waals surface area (Å²) in [6, 6.07) is 30.7. The van der Waals surface area contributed by atoms with Gasteiger partial charge in [-0.15, -0.1) is 42.2 Å². The second-order valence-corrected chi connectivity index (χ2v) is 26.6. The van der Waals surface area contributed by atoms with Crippen LogP contribution >= 0.6 is 11.6 Å². The maximum Gasteiger partial charge on any atom is 0.356 e. The van der Waals surface area contributed by atoms with Crippen LogP contribution in [0.15, 0.2) is 116 Å². The lowest BCUT2D eigenvalue weighted by Gasteiger charge is -2.10. The Bertz CT molecular complexity index is 4740. The van der Waals surface area contributed by atoms with E-state index in [1.165, 1.54) is 25.9 Å². The maximum atomic E-state index is 14.8. The zero-order valence-corrected chi connectivity index (χ0v) is 72.7. The van der Waals surface area contributed by atoms with Gasteiger partial charge in [-0.05, 0) is 164 Å². The summed E-state index contributed by atoms with van der Waals surface area (Å²) < 4.78 is 74.6. The number of hydrogen-bond donors (Lipinski definition) is 8. The number of esters is 3. The Kier molecular flexibility index (Phi) is 49.7. The average molecular weight is 1730 g/mol. The number of aryl methyl sites for hydroxylation is 10. The molecule has 8 heterocycles. The number of nitrogen functional groups attached to an aromatic ring is 1. The quantitative estimate of drug-likeness (QED) is 0.00344. The lowest BCUT2D eigenvalue weighted by atomic mass is 10.2. The van der Waals surface area contributed by atoms with E-state index < -0.39 is 5.82 Å². The number of ether oxygens (including phenoxy) is 6. The maximum absolute atomic E-state index is 14.8. The number of methoxy groups -OCH3 is 3. The molecule has 670 valence electrons. The molecule has 11 aromatic rings. The average Bonchev–Trinajstić information content (AvgIpc) is 1.65. The number of nitrogens with zero attached hydrogens (tertiary/aromatic N) is 19. The van der Waals surface area contributed by atoms with Crippen LogP contribution in [0.2, 0.25) is 0 Å². The number of hydrogen-bond acceptors (Lipinski definition) is 28. The molecular formula is C82H121ClF2N22O15. The van der Waals surface area contributed by atoms with E-state index in [2.05, 4.69) is 56.1 Å². The van der Waals surface area contributed by atoms with Crippen LogP contribution in [0.3, 0.4) is 0 Å². The lowest BCUT2D eigenvalue weighted by molar-refractivity contribution is -0.142. The van der Waals surface area contributed by atoms with Gasteiger partial charge in [-0.2, -0.15) is 25.5 Å². The summed E-state index contributed by atoms with van der Waals surface area (Å²) in [5, 5.41) is 88.8. The fourth-order valence-corrected chi connectivity index (χ4v) is 11.2. The number of unbranched alkanes of at least 4 members (excludes halogenated alkanes) is 1. The van der Waals surface area contributed by atoms with Crippen LogP contribution in [0.5, 0.6) is 17.2 Å². The van der Waals surface area contributed by atoms with Crippen molar-refractivity contribution in [2.24, 2.45) is 11.6 Å². The SMILES string of the molecule is CCOC(=O)c1cc(C)nn1CCCO.CF.COc1ccc(Cn2cnnc2-c2c(F)c(C)nn2CCCOC(C)=O)cc1.COc1ccc(Cn2cnnc2-c2cc(C)nn2CCCO)cc1.COc1ccc(Cn2cnnc2-c2cc(C)nn2CCCOC(C)=O)cc1.Cc1cc(C(=O)NN)n(CCCO)n1.NCCCCO.OCCCCl.[2H]C. The molecule has 0 aliphatic heterocycles. The number of aliphatic hydroxyl groups is 5. The summed E-state index contributed by atoms with van der Waals surface area (Å²) in [6.45, 7) is 20.5. The van der Waals surface area contributed by atoms with Crippen LogP contribution in [-0.2, 0) is 76.2 Å². The number of carbonyl (C=O) groups is 4. The summed E-state index contributed by atoms with van der Waals surface area (Å²) in [7, 11) is 6.67. The number of benzene rings is 3. The first-order valence-corrected chi connectivity index (χ1v) is 39.6. The largest absolute Gasteiger partial charge is 0.497 e. The second-order valence-electron chi connectivity index (χ2n) is 26.2. The number of rotatable bonds is 37. The van der Waals surface area contributed by atoms with Gasteiger partial charge < -0.3 is 73.4 Å². The van der Waals surface area contributed by atoms with E-state index in [1.807, 2.05) is 130 Å². The molecule has 10 N–H and O–H groups in total. The summed E-state index contributed by atoms with van der Waals surface area (Å²) >= 11 is 5.14. The van der Waals surface area contributed by atoms with Crippen LogP contribution in [0.25, 0.3) is 34.6 Å². The highest BCUT2D eigenvalue weighted by Gasteiger charge is 2.24. The molecule has 0 fully saturated rings. The van der Waals surface area contributed by atoms with Crippen LogP contribution in [-0.4, -0.2) is 236 Å². The Balaban J connectivity index is 0.000000388. The number of alkyl halides is 2. The van der Waals surface area contributed by atoms with Gasteiger partial charge in [0.05, 0.1) is 96.4 Å². The highest BCUT2D eigenvalue weighted by Crippen LogP contribution is 2.27. The fraction of sp³-hybridized carbons (Fsp3) is 0.476. The molecule has 0 saturated carbocycles. The molecular weight excluding hydrogens is 1610 g/mol. The summed E-state index contributed by atoms with van der Waals surface area (Å²) in [5.74, 6) is 8.13. The molecule has 0 saturated heterocycles. The van der Waals surface area contributed by atoms with E-state index in [0.29, 0.717) is 141 Å². The third kappa shape index (κ3) is 35.9. The van der Waals surface area contributed by atoms with E-state index in [4.69, 9.17) is 78.5 Å². The first-order chi connectivity index (χ1) is 59.5. The van der Waals surface area contributed by atoms with E-state index in [-0.39, 0.29) is 74.8 Å². The molecule has 0 spiro atoms. The van der Waals surface area contributed by atoms with Gasteiger partial charge in [-0.25, -0.2) is 15.0 Å². The Morgan fingerprint density at radius 1 is 0.484 bits per heavy atom. The zero-order chi connectivity index (χ0) is 91.0. The van der Waals surface area contributed by atoms with E-state index in [9.17, 15) is 28.0 Å². The van der Waals surface area contributed by atoms with Crippen molar-refractivity contribution in [3.05, 3.63) is 178 Å². The second kappa shape index (κ2) is 59.1. The van der Waals surface area contributed by atoms with Crippen molar-refractivity contribution in [2.45, 2.75) is 167 Å². The van der Waals surface area contributed by atoms with Gasteiger partial charge in [0, 0.05) is 99.7 Å². The van der Waals surface area contributed by atoms with Crippen molar-refractivity contribution < 1.29 is 83.3 Å². The Labute approximate surface area is 716 Å². The topological polar surface area (TPSA) is 470 Å². The van der Waals surface area contributed by atoms with Crippen molar-refractivity contribution in [3.63, 3.8) is 0 Å². The van der Waals surface area contributed by atoms with Crippen molar-refractivity contribution in [2.75, 3.05) is 93.8 Å². The molecule has 0 bridgehead atoms. The van der Waals surface area contributed by atoms with Crippen LogP contribution in [0.1, 0.15) is 147 Å². The summed E-state index contributed by atoms with van der Waals surface area (Å²) in [4.78, 5) is 44.5. The molecule has 122 heavy (non-hydrogen) atoms. The van der Waals surface area contributed by atoms with E-state index in [1.54, 1.807) is 87.1 Å². The third-order valence-electron chi connectivity index (χ3n) is 16.7. The molecule has 40 heteroatoms. The first kappa shape index (κ1) is 103. The molecule has 3 aromatic carbocycles. The highest BCUT2D eigenvalue weighted by molar-refractivity contribution is 6.17. The highest BCUT2D eigenvalue weighted by atomic mass is 35.5. The van der Waals surface area contributed by atoms with Gasteiger partial charge in [0.2, 0.25) is 0 Å². The molecule has 0 radical (unpaired) electrons. The number of amides is 1. The molecule has 0 unspecified atom stereocenters. The van der Waals surface area contributed by atoms with Crippen molar-refractivity contribution in [3.8, 4) is 51.8 Å². The number of aromatic nitrogens is 19. The smallest absolute Gasteiger partial charge is 0.356 e. The molecule has 37 nitrogen and oxygen atoms in total. The van der Waals surface area contributed by atoms with Gasteiger partial charge >= 0.3 is 17.9 Å². The van der Waals surface area contributed by atoms with Gasteiger partial charge in [-0.1, -0.05) is 43.8 Å². The number of carbonyl (C=O) groups excluding carboxylic acids is 4. The molecule has 0 aliphatic carbocycles. The minimum Gasteiger partial charge on any atom is -0.497 e. The van der Waals surface area contributed by atoms with Gasteiger partial charge in [-0.3, -0.25) is 47.6 Å². The summed E-state index contributed by atoms with van der Waals surface area (Å²) in [6.07, 6.45) is 10.5. The molecule has 0 atom stereocenters. The normalized spacial score (nSPS) is 10.4. The lowest BCUT2D eigenvalue weighted by Crippen LogP contribution is -2.32. The van der Waals surface area contributed by atoms with Crippen molar-refractivity contribution in [1.29, 1.82) is 0 Å².